The second-order valence-electron chi connectivity index (χ2n) is 6.29. The number of pyridine rings is 1. The van der Waals surface area contributed by atoms with Gasteiger partial charge in [0.05, 0.1) is 0 Å². The molecule has 2 aromatic rings. The molecular weight excluding hydrogens is 248 g/mol. The summed E-state index contributed by atoms with van der Waals surface area (Å²) in [5.74, 6) is 1.69. The number of aromatic nitrogens is 3. The molecule has 1 aliphatic rings. The second-order valence-corrected chi connectivity index (χ2v) is 6.29. The van der Waals surface area contributed by atoms with Crippen LogP contribution in [0.15, 0.2) is 18.3 Å². The first-order valence-electron chi connectivity index (χ1n) is 7.68. The number of aryl methyl sites for hydroxylation is 1. The summed E-state index contributed by atoms with van der Waals surface area (Å²) >= 11 is 0. The fraction of sp³-hybridized carbons (Fsp3) is 0.625. The molecule has 2 aromatic heterocycles. The molecule has 108 valence electrons. The van der Waals surface area contributed by atoms with E-state index in [1.54, 1.807) is 0 Å². The zero-order valence-electron chi connectivity index (χ0n) is 12.7. The molecule has 0 radical (unpaired) electrons. The minimum Gasteiger partial charge on any atom is -0.301 e. The van der Waals surface area contributed by atoms with Crippen LogP contribution in [-0.4, -0.2) is 38.6 Å². The molecule has 0 spiro atoms. The Bertz CT molecular complexity index is 587. The minimum atomic E-state index is 0.647. The van der Waals surface area contributed by atoms with Gasteiger partial charge < -0.3 is 4.90 Å². The Morgan fingerprint density at radius 2 is 2.25 bits per heavy atom. The van der Waals surface area contributed by atoms with Gasteiger partial charge in [0, 0.05) is 25.2 Å². The van der Waals surface area contributed by atoms with Gasteiger partial charge in [-0.05, 0) is 57.7 Å². The molecule has 0 saturated carbocycles. The molecule has 0 aliphatic carbocycles. The number of hydrogen-bond acceptors (Lipinski definition) is 3. The van der Waals surface area contributed by atoms with E-state index in [4.69, 9.17) is 4.98 Å². The summed E-state index contributed by atoms with van der Waals surface area (Å²) < 4.78 is 1.91. The fourth-order valence-corrected chi connectivity index (χ4v) is 3.16. The van der Waals surface area contributed by atoms with Crippen molar-refractivity contribution in [3.63, 3.8) is 0 Å². The lowest BCUT2D eigenvalue weighted by atomic mass is 9.94. The molecular formula is C16H24N4. The van der Waals surface area contributed by atoms with E-state index in [1.165, 1.54) is 31.5 Å². The van der Waals surface area contributed by atoms with Gasteiger partial charge in [0.1, 0.15) is 0 Å². The summed E-state index contributed by atoms with van der Waals surface area (Å²) in [6.45, 7) is 9.09. The third kappa shape index (κ3) is 2.70. The molecule has 1 saturated heterocycles. The highest BCUT2D eigenvalue weighted by Crippen LogP contribution is 2.21. The number of likely N-dealkylation sites (tertiary alicyclic amines) is 1. The Balaban J connectivity index is 1.74. The lowest BCUT2D eigenvalue weighted by Crippen LogP contribution is -2.40. The van der Waals surface area contributed by atoms with Crippen LogP contribution in [0.3, 0.4) is 0 Å². The molecule has 1 aliphatic heterocycles. The largest absolute Gasteiger partial charge is 0.301 e. The Morgan fingerprint density at radius 1 is 1.40 bits per heavy atom. The van der Waals surface area contributed by atoms with Crippen molar-refractivity contribution in [2.24, 2.45) is 5.92 Å². The highest BCUT2D eigenvalue weighted by atomic mass is 15.3. The molecule has 1 unspecified atom stereocenters. The molecule has 4 heteroatoms. The summed E-state index contributed by atoms with van der Waals surface area (Å²) in [6.07, 6.45) is 5.59. The van der Waals surface area contributed by atoms with Crippen LogP contribution >= 0.6 is 0 Å². The van der Waals surface area contributed by atoms with Crippen molar-refractivity contribution in [1.29, 1.82) is 0 Å². The Labute approximate surface area is 120 Å². The third-order valence-electron chi connectivity index (χ3n) is 4.35. The monoisotopic (exact) mass is 272 g/mol. The van der Waals surface area contributed by atoms with Gasteiger partial charge in [0.15, 0.2) is 11.5 Å². The van der Waals surface area contributed by atoms with Gasteiger partial charge in [-0.3, -0.25) is 0 Å². The second kappa shape index (κ2) is 5.52. The number of nitrogens with zero attached hydrogens (tertiary/aromatic N) is 4. The average molecular weight is 272 g/mol. The van der Waals surface area contributed by atoms with Crippen molar-refractivity contribution in [2.75, 3.05) is 13.1 Å². The van der Waals surface area contributed by atoms with E-state index in [0.717, 1.165) is 17.9 Å². The molecule has 0 aromatic carbocycles. The van der Waals surface area contributed by atoms with E-state index in [2.05, 4.69) is 36.8 Å². The highest BCUT2D eigenvalue weighted by Gasteiger charge is 2.23. The van der Waals surface area contributed by atoms with Gasteiger partial charge >= 0.3 is 0 Å². The molecule has 4 nitrogen and oxygen atoms in total. The van der Waals surface area contributed by atoms with Crippen LogP contribution < -0.4 is 0 Å². The highest BCUT2D eigenvalue weighted by molar-refractivity contribution is 5.45. The lowest BCUT2D eigenvalue weighted by Gasteiger charge is -2.35. The Kier molecular flexibility index (Phi) is 3.74. The van der Waals surface area contributed by atoms with E-state index in [9.17, 15) is 0 Å². The maximum atomic E-state index is 4.71. The summed E-state index contributed by atoms with van der Waals surface area (Å²) in [4.78, 5) is 7.29. The fourth-order valence-electron chi connectivity index (χ4n) is 3.16. The summed E-state index contributed by atoms with van der Waals surface area (Å²) in [5.41, 5.74) is 2.19. The zero-order chi connectivity index (χ0) is 14.1. The standard InChI is InChI=1S/C16H24N4/c1-12(2)19-8-5-7-14(11-19)10-15-17-16-13(3)6-4-9-20(16)18-15/h4,6,9,12,14H,5,7-8,10-11H2,1-3H3. The van der Waals surface area contributed by atoms with E-state index < -0.39 is 0 Å². The molecule has 3 heterocycles. The SMILES string of the molecule is Cc1cccn2nc(CC3CCCN(C(C)C)C3)nc12. The van der Waals surface area contributed by atoms with E-state index in [0.29, 0.717) is 12.0 Å². The predicted octanol–water partition coefficient (Wildman–Crippen LogP) is 2.70. The number of rotatable bonds is 3. The van der Waals surface area contributed by atoms with Gasteiger partial charge in [-0.25, -0.2) is 9.50 Å². The maximum absolute atomic E-state index is 4.71. The van der Waals surface area contributed by atoms with Crippen LogP contribution in [0.2, 0.25) is 0 Å². The van der Waals surface area contributed by atoms with E-state index >= 15 is 0 Å². The van der Waals surface area contributed by atoms with Crippen LogP contribution in [0, 0.1) is 12.8 Å². The average Bonchev–Trinajstić information content (AvgIpc) is 2.83. The minimum absolute atomic E-state index is 0.647. The van der Waals surface area contributed by atoms with Crippen molar-refractivity contribution in [1.82, 2.24) is 19.5 Å². The van der Waals surface area contributed by atoms with Crippen LogP contribution in [0.5, 0.6) is 0 Å². The summed E-state index contributed by atoms with van der Waals surface area (Å²) in [7, 11) is 0. The molecule has 3 rings (SSSR count). The third-order valence-corrected chi connectivity index (χ3v) is 4.35. The molecule has 1 atom stereocenters. The number of piperidine rings is 1. The van der Waals surface area contributed by atoms with Gasteiger partial charge in [0.25, 0.3) is 0 Å². The van der Waals surface area contributed by atoms with Gasteiger partial charge in [-0.2, -0.15) is 5.10 Å². The van der Waals surface area contributed by atoms with Crippen LogP contribution in [0.4, 0.5) is 0 Å². The first-order chi connectivity index (χ1) is 9.63. The van der Waals surface area contributed by atoms with Crippen molar-refractivity contribution in [3.05, 3.63) is 29.7 Å². The molecule has 0 bridgehead atoms. The van der Waals surface area contributed by atoms with Crippen molar-refractivity contribution in [2.45, 2.75) is 46.1 Å². The quantitative estimate of drug-likeness (QED) is 0.861. The number of fused-ring (bicyclic) bond motifs is 1. The molecule has 0 N–H and O–H groups in total. The van der Waals surface area contributed by atoms with Crippen LogP contribution in [-0.2, 0) is 6.42 Å². The topological polar surface area (TPSA) is 33.4 Å². The molecule has 20 heavy (non-hydrogen) atoms. The molecule has 1 fully saturated rings. The van der Waals surface area contributed by atoms with Gasteiger partial charge in [-0.1, -0.05) is 6.07 Å². The molecule has 0 amide bonds. The van der Waals surface area contributed by atoms with Gasteiger partial charge in [-0.15, -0.1) is 0 Å². The summed E-state index contributed by atoms with van der Waals surface area (Å²) in [6, 6.07) is 4.77. The van der Waals surface area contributed by atoms with Crippen molar-refractivity contribution in [3.8, 4) is 0 Å². The Morgan fingerprint density at radius 3 is 3.00 bits per heavy atom. The van der Waals surface area contributed by atoms with Crippen LogP contribution in [0.1, 0.15) is 38.1 Å². The smallest absolute Gasteiger partial charge is 0.158 e. The zero-order valence-corrected chi connectivity index (χ0v) is 12.7. The van der Waals surface area contributed by atoms with E-state index in [1.807, 2.05) is 16.8 Å². The van der Waals surface area contributed by atoms with Crippen LogP contribution in [0.25, 0.3) is 5.65 Å². The normalized spacial score (nSPS) is 20.9. The number of hydrogen-bond donors (Lipinski definition) is 0. The maximum Gasteiger partial charge on any atom is 0.158 e. The van der Waals surface area contributed by atoms with E-state index in [-0.39, 0.29) is 0 Å². The van der Waals surface area contributed by atoms with Crippen molar-refractivity contribution < 1.29 is 0 Å². The lowest BCUT2D eigenvalue weighted by molar-refractivity contribution is 0.138. The summed E-state index contributed by atoms with van der Waals surface area (Å²) in [5, 5.41) is 4.62. The predicted molar refractivity (Wildman–Crippen MR) is 80.9 cm³/mol. The first kappa shape index (κ1) is 13.6. The first-order valence-corrected chi connectivity index (χ1v) is 7.68. The Hall–Kier alpha value is -1.42. The van der Waals surface area contributed by atoms with Crippen molar-refractivity contribution >= 4 is 5.65 Å². The van der Waals surface area contributed by atoms with Gasteiger partial charge in [0.2, 0.25) is 0 Å².